The van der Waals surface area contributed by atoms with Crippen LogP contribution in [0.2, 0.25) is 0 Å². The minimum atomic E-state index is -0.366. The van der Waals surface area contributed by atoms with E-state index in [0.717, 1.165) is 27.8 Å². The van der Waals surface area contributed by atoms with Gasteiger partial charge in [-0.3, -0.25) is 18.6 Å². The third-order valence-corrected chi connectivity index (χ3v) is 5.63. The molecule has 0 unspecified atom stereocenters. The van der Waals surface area contributed by atoms with Gasteiger partial charge in [0.15, 0.2) is 5.82 Å². The number of nitrogens with zero attached hydrogens (tertiary/aromatic N) is 4. The summed E-state index contributed by atoms with van der Waals surface area (Å²) in [7, 11) is 0. The number of amides is 1. The zero-order chi connectivity index (χ0) is 23.1. The number of benzene rings is 3. The number of aromatic nitrogens is 4. The van der Waals surface area contributed by atoms with Gasteiger partial charge in [0, 0.05) is 11.3 Å². The number of anilines is 1. The number of carbonyl (C=O) groups excluding carboxylic acids is 1. The van der Waals surface area contributed by atoms with Crippen LogP contribution in [0.25, 0.3) is 28.1 Å². The minimum Gasteiger partial charge on any atom is -0.325 e. The Bertz CT molecular complexity index is 1560. The van der Waals surface area contributed by atoms with Crippen LogP contribution in [-0.4, -0.2) is 25.1 Å². The largest absolute Gasteiger partial charge is 0.325 e. The highest BCUT2D eigenvalue weighted by Gasteiger charge is 2.19. The van der Waals surface area contributed by atoms with Gasteiger partial charge in [-0.25, -0.2) is 0 Å². The fourth-order valence-electron chi connectivity index (χ4n) is 4.20. The molecule has 7 nitrogen and oxygen atoms in total. The van der Waals surface area contributed by atoms with Gasteiger partial charge in [0.05, 0.1) is 11.0 Å². The van der Waals surface area contributed by atoms with Gasteiger partial charge in [-0.05, 0) is 56.2 Å². The highest BCUT2D eigenvalue weighted by molar-refractivity contribution is 5.92. The lowest BCUT2D eigenvalue weighted by atomic mass is 10.1. The van der Waals surface area contributed by atoms with Gasteiger partial charge in [0.1, 0.15) is 6.54 Å². The van der Waals surface area contributed by atoms with E-state index in [2.05, 4.69) is 15.5 Å². The standard InChI is InChI=1S/C26H23N5O2/c1-16-8-10-19(11-9-16)24-28-29-25-26(33)30(21-6-4-5-7-22(21)31(24)25)15-23(32)27-20-13-17(2)12-18(3)14-20/h4-14H,15H2,1-3H3,(H,27,32). The topological polar surface area (TPSA) is 81.3 Å². The van der Waals surface area contributed by atoms with Crippen molar-refractivity contribution in [3.05, 3.63) is 93.8 Å². The van der Waals surface area contributed by atoms with E-state index in [4.69, 9.17) is 0 Å². The van der Waals surface area contributed by atoms with Crippen molar-refractivity contribution in [3.8, 4) is 11.4 Å². The molecule has 2 aromatic heterocycles. The molecule has 1 N–H and O–H groups in total. The van der Waals surface area contributed by atoms with Crippen LogP contribution >= 0.6 is 0 Å². The average molecular weight is 438 g/mol. The van der Waals surface area contributed by atoms with Crippen LogP contribution in [0, 0.1) is 20.8 Å². The average Bonchev–Trinajstić information content (AvgIpc) is 3.22. The quantitative estimate of drug-likeness (QED) is 0.455. The van der Waals surface area contributed by atoms with Gasteiger partial charge in [0.25, 0.3) is 5.56 Å². The SMILES string of the molecule is Cc1ccc(-c2nnc3c(=O)n(CC(=O)Nc4cc(C)cc(C)c4)c4ccccc4n23)cc1. The summed E-state index contributed by atoms with van der Waals surface area (Å²) in [5.74, 6) is 0.306. The molecule has 2 heterocycles. The molecule has 5 rings (SSSR count). The lowest BCUT2D eigenvalue weighted by molar-refractivity contribution is -0.116. The summed E-state index contributed by atoms with van der Waals surface area (Å²) in [4.78, 5) is 26.3. The van der Waals surface area contributed by atoms with E-state index in [1.807, 2.05) is 87.5 Å². The van der Waals surface area contributed by atoms with Crippen LogP contribution in [0.3, 0.4) is 0 Å². The monoisotopic (exact) mass is 437 g/mol. The lowest BCUT2D eigenvalue weighted by Crippen LogP contribution is -2.29. The Morgan fingerprint density at radius 1 is 0.848 bits per heavy atom. The molecule has 7 heteroatoms. The first kappa shape index (κ1) is 20.6. The summed E-state index contributed by atoms with van der Waals surface area (Å²) >= 11 is 0. The molecule has 33 heavy (non-hydrogen) atoms. The Balaban J connectivity index is 1.61. The predicted octanol–water partition coefficient (Wildman–Crippen LogP) is 4.28. The van der Waals surface area contributed by atoms with Gasteiger partial charge in [-0.2, -0.15) is 0 Å². The third kappa shape index (κ3) is 3.78. The summed E-state index contributed by atoms with van der Waals surface area (Å²) in [6.07, 6.45) is 0. The van der Waals surface area contributed by atoms with Crippen molar-refractivity contribution in [3.63, 3.8) is 0 Å². The maximum atomic E-state index is 13.4. The predicted molar refractivity (Wildman–Crippen MR) is 129 cm³/mol. The van der Waals surface area contributed by atoms with Crippen molar-refractivity contribution >= 4 is 28.3 Å². The van der Waals surface area contributed by atoms with Crippen LogP contribution in [0.15, 0.2) is 71.5 Å². The number of aryl methyl sites for hydroxylation is 3. The van der Waals surface area contributed by atoms with E-state index in [9.17, 15) is 9.59 Å². The second-order valence-electron chi connectivity index (χ2n) is 8.35. The molecule has 0 spiro atoms. The van der Waals surface area contributed by atoms with Crippen molar-refractivity contribution in [1.82, 2.24) is 19.2 Å². The van der Waals surface area contributed by atoms with E-state index >= 15 is 0 Å². The van der Waals surface area contributed by atoms with E-state index in [-0.39, 0.29) is 23.7 Å². The molecule has 0 bridgehead atoms. The number of hydrogen-bond acceptors (Lipinski definition) is 4. The van der Waals surface area contributed by atoms with Crippen molar-refractivity contribution in [2.75, 3.05) is 5.32 Å². The maximum Gasteiger partial charge on any atom is 0.297 e. The fraction of sp³-hybridized carbons (Fsp3) is 0.154. The molecule has 0 saturated heterocycles. The molecular formula is C26H23N5O2. The molecule has 0 fully saturated rings. The maximum absolute atomic E-state index is 13.4. The number of nitrogens with one attached hydrogen (secondary N) is 1. The molecule has 0 aliphatic carbocycles. The fourth-order valence-corrected chi connectivity index (χ4v) is 4.20. The normalized spacial score (nSPS) is 11.2. The highest BCUT2D eigenvalue weighted by atomic mass is 16.2. The Kier molecular flexibility index (Phi) is 5.01. The van der Waals surface area contributed by atoms with Crippen LogP contribution < -0.4 is 10.9 Å². The Morgan fingerprint density at radius 2 is 1.52 bits per heavy atom. The summed E-state index contributed by atoms with van der Waals surface area (Å²) < 4.78 is 3.22. The van der Waals surface area contributed by atoms with Crippen molar-refractivity contribution < 1.29 is 4.79 Å². The van der Waals surface area contributed by atoms with E-state index in [0.29, 0.717) is 17.0 Å². The molecule has 0 atom stereocenters. The zero-order valence-corrected chi connectivity index (χ0v) is 18.7. The van der Waals surface area contributed by atoms with Crippen LogP contribution in [0.4, 0.5) is 5.69 Å². The summed E-state index contributed by atoms with van der Waals surface area (Å²) in [6, 6.07) is 21.2. The van der Waals surface area contributed by atoms with Gasteiger partial charge in [-0.1, -0.05) is 48.0 Å². The Morgan fingerprint density at radius 3 is 2.21 bits per heavy atom. The highest BCUT2D eigenvalue weighted by Crippen LogP contribution is 2.23. The number of hydrogen-bond donors (Lipinski definition) is 1. The van der Waals surface area contributed by atoms with Gasteiger partial charge >= 0.3 is 0 Å². The van der Waals surface area contributed by atoms with Crippen LogP contribution in [-0.2, 0) is 11.3 Å². The molecule has 0 radical (unpaired) electrons. The van der Waals surface area contributed by atoms with Crippen LogP contribution in [0.1, 0.15) is 16.7 Å². The Hall–Kier alpha value is -4.26. The number of fused-ring (bicyclic) bond motifs is 3. The first-order chi connectivity index (χ1) is 15.9. The smallest absolute Gasteiger partial charge is 0.297 e. The molecule has 0 aliphatic rings. The molecule has 1 amide bonds. The number of carbonyl (C=O) groups is 1. The minimum absolute atomic E-state index is 0.129. The third-order valence-electron chi connectivity index (χ3n) is 5.63. The van der Waals surface area contributed by atoms with Crippen molar-refractivity contribution in [2.24, 2.45) is 0 Å². The van der Waals surface area contributed by atoms with E-state index in [1.54, 1.807) is 4.40 Å². The summed E-state index contributed by atoms with van der Waals surface area (Å²) in [6.45, 7) is 5.84. The molecule has 0 saturated carbocycles. The molecule has 5 aromatic rings. The molecule has 0 aliphatic heterocycles. The van der Waals surface area contributed by atoms with Crippen molar-refractivity contribution in [2.45, 2.75) is 27.3 Å². The second kappa shape index (κ2) is 8.02. The summed E-state index contributed by atoms with van der Waals surface area (Å²) in [5, 5.41) is 11.4. The summed E-state index contributed by atoms with van der Waals surface area (Å²) in [5.41, 5.74) is 6.03. The van der Waals surface area contributed by atoms with Crippen molar-refractivity contribution in [1.29, 1.82) is 0 Å². The first-order valence-corrected chi connectivity index (χ1v) is 10.7. The number of rotatable bonds is 4. The molecule has 164 valence electrons. The Labute approximate surface area is 190 Å². The lowest BCUT2D eigenvalue weighted by Gasteiger charge is -2.13. The number of para-hydroxylation sites is 2. The zero-order valence-electron chi connectivity index (χ0n) is 18.7. The van der Waals surface area contributed by atoms with Gasteiger partial charge < -0.3 is 5.32 Å². The molecule has 3 aromatic carbocycles. The van der Waals surface area contributed by atoms with Gasteiger partial charge in [-0.15, -0.1) is 10.2 Å². The van der Waals surface area contributed by atoms with Crippen LogP contribution in [0.5, 0.6) is 0 Å². The first-order valence-electron chi connectivity index (χ1n) is 10.7. The van der Waals surface area contributed by atoms with E-state index in [1.165, 1.54) is 4.57 Å². The second-order valence-corrected chi connectivity index (χ2v) is 8.35. The van der Waals surface area contributed by atoms with Gasteiger partial charge in [0.2, 0.25) is 11.6 Å². The molecular weight excluding hydrogens is 414 g/mol. The van der Waals surface area contributed by atoms with E-state index < -0.39 is 0 Å².